The molecule has 12 N–H and O–H groups in total. The minimum Gasteiger partial charge on any atom is -0.480 e. The topological polar surface area (TPSA) is 328 Å². The number of amides is 8. The van der Waals surface area contributed by atoms with E-state index in [2.05, 4.69) is 37.2 Å². The number of hydrogen-bond acceptors (Lipinski definition) is 12. The molecule has 8 atom stereocenters. The lowest BCUT2D eigenvalue weighted by Crippen LogP contribution is -2.63. The zero-order valence-corrected chi connectivity index (χ0v) is 35.6. The van der Waals surface area contributed by atoms with Crippen LogP contribution in [0.2, 0.25) is 0 Å². The molecule has 1 rings (SSSR count). The first-order chi connectivity index (χ1) is 27.4. The molecule has 0 aromatic rings. The van der Waals surface area contributed by atoms with E-state index in [9.17, 15) is 53.4 Å². The average molecular weight is 842 g/mol. The van der Waals surface area contributed by atoms with Crippen molar-refractivity contribution in [2.75, 3.05) is 26.2 Å². The zero-order valence-electron chi connectivity index (χ0n) is 35.6. The van der Waals surface area contributed by atoms with Gasteiger partial charge in [0.1, 0.15) is 42.8 Å². The smallest absolute Gasteiger partial charge is 0.322 e. The second kappa shape index (κ2) is 24.9. The third kappa shape index (κ3) is 17.5. The summed E-state index contributed by atoms with van der Waals surface area (Å²) in [5.74, 6) is -8.49. The maximum atomic E-state index is 13.8. The molecule has 0 bridgehead atoms. The Morgan fingerprint density at radius 2 is 1.14 bits per heavy atom. The number of aliphatic carboxylic acids is 1. The van der Waals surface area contributed by atoms with Gasteiger partial charge in [-0.1, -0.05) is 55.4 Å². The minimum atomic E-state index is -1.60. The summed E-state index contributed by atoms with van der Waals surface area (Å²) in [6, 6.07) is -8.70. The van der Waals surface area contributed by atoms with Crippen molar-refractivity contribution in [1.82, 2.24) is 42.1 Å². The van der Waals surface area contributed by atoms with Gasteiger partial charge >= 0.3 is 5.97 Å². The Balaban J connectivity index is 3.10. The van der Waals surface area contributed by atoms with Gasteiger partial charge in [-0.25, -0.2) is 0 Å². The fourth-order valence-corrected chi connectivity index (χ4v) is 6.28. The molecular formula is C38H67N9O12. The lowest BCUT2D eigenvalue weighted by atomic mass is 9.99. The number of likely N-dealkylation sites (tertiary alicyclic amines) is 1. The van der Waals surface area contributed by atoms with Crippen molar-refractivity contribution in [2.45, 2.75) is 136 Å². The highest BCUT2D eigenvalue weighted by Crippen LogP contribution is 2.21. The normalized spacial score (nSPS) is 17.6. The van der Waals surface area contributed by atoms with E-state index in [0.717, 1.165) is 0 Å². The zero-order chi connectivity index (χ0) is 45.3. The number of aliphatic hydroxyl groups is 2. The molecule has 0 unspecified atom stereocenters. The highest BCUT2D eigenvalue weighted by atomic mass is 16.4. The van der Waals surface area contributed by atoms with Crippen LogP contribution in [0.25, 0.3) is 0 Å². The Bertz CT molecular complexity index is 1490. The van der Waals surface area contributed by atoms with Crippen molar-refractivity contribution >= 4 is 53.2 Å². The van der Waals surface area contributed by atoms with Crippen LogP contribution < -0.4 is 43.0 Å². The first-order valence-electron chi connectivity index (χ1n) is 20.0. The molecule has 0 radical (unpaired) electrons. The number of nitrogens with zero attached hydrogens (tertiary/aromatic N) is 1. The number of carboxylic acids is 1. The monoisotopic (exact) mass is 841 g/mol. The number of carbonyl (C=O) groups is 9. The van der Waals surface area contributed by atoms with E-state index in [1.54, 1.807) is 41.5 Å². The molecule has 1 fully saturated rings. The molecule has 21 heteroatoms. The van der Waals surface area contributed by atoms with E-state index in [4.69, 9.17) is 10.8 Å². The van der Waals surface area contributed by atoms with Crippen molar-refractivity contribution in [3.63, 3.8) is 0 Å². The standard InChI is InChI=1S/C38H67N9O12/c1-18(2)13-23(39)32(53)44-30(21(7)8)36(57)46-31(22(9)49)37(58)45-29(20(5)6)35(56)43-25(17-48)33(54)42-24(14-19(3)4)38(59)47-12-10-11-26(47)34(55)41-15-27(50)40-16-28(51)52/h18-26,29-31,48-49H,10-17,39H2,1-9H3,(H,40,50)(H,41,55)(H,42,54)(H,43,56)(H,44,53)(H,45,58)(H,46,57)(H,51,52)/t22-,23+,24+,25+,26+,29+,30+,31+/m1/s1. The van der Waals surface area contributed by atoms with Gasteiger partial charge in [-0.3, -0.25) is 43.2 Å². The predicted octanol–water partition coefficient (Wildman–Crippen LogP) is -3.18. The maximum Gasteiger partial charge on any atom is 0.322 e. The van der Waals surface area contributed by atoms with E-state index < -0.39 is 133 Å². The molecule has 336 valence electrons. The largest absolute Gasteiger partial charge is 0.480 e. The molecule has 1 heterocycles. The van der Waals surface area contributed by atoms with Gasteiger partial charge in [0.15, 0.2) is 0 Å². The Morgan fingerprint density at radius 1 is 0.644 bits per heavy atom. The van der Waals surface area contributed by atoms with Crippen molar-refractivity contribution in [3.8, 4) is 0 Å². The van der Waals surface area contributed by atoms with E-state index in [0.29, 0.717) is 12.8 Å². The molecule has 8 amide bonds. The quantitative estimate of drug-likeness (QED) is 0.0458. The number of carboxylic acid groups (broad SMARTS) is 1. The van der Waals surface area contributed by atoms with Crippen LogP contribution in [0.1, 0.15) is 88.0 Å². The summed E-state index contributed by atoms with van der Waals surface area (Å²) in [7, 11) is 0. The molecular weight excluding hydrogens is 774 g/mol. The average Bonchev–Trinajstić information content (AvgIpc) is 3.63. The first-order valence-corrected chi connectivity index (χ1v) is 20.0. The third-order valence-corrected chi connectivity index (χ3v) is 9.45. The number of hydrogen-bond donors (Lipinski definition) is 11. The van der Waals surface area contributed by atoms with E-state index in [1.165, 1.54) is 11.8 Å². The minimum absolute atomic E-state index is 0.113. The van der Waals surface area contributed by atoms with Gasteiger partial charge < -0.3 is 63.2 Å². The van der Waals surface area contributed by atoms with Crippen LogP contribution in [0.5, 0.6) is 0 Å². The number of nitrogens with two attached hydrogens (primary N) is 1. The molecule has 0 spiro atoms. The van der Waals surface area contributed by atoms with Crippen LogP contribution in [-0.2, 0) is 43.2 Å². The van der Waals surface area contributed by atoms with Crippen LogP contribution in [0.4, 0.5) is 0 Å². The second-order valence-electron chi connectivity index (χ2n) is 16.4. The van der Waals surface area contributed by atoms with E-state index >= 15 is 0 Å². The Morgan fingerprint density at radius 3 is 1.63 bits per heavy atom. The first kappa shape index (κ1) is 52.1. The summed E-state index contributed by atoms with van der Waals surface area (Å²) in [6.45, 7) is 13.2. The number of rotatable bonds is 24. The molecule has 0 aromatic heterocycles. The van der Waals surface area contributed by atoms with E-state index in [-0.39, 0.29) is 31.2 Å². The Hall–Kier alpha value is -4.89. The maximum absolute atomic E-state index is 13.8. The van der Waals surface area contributed by atoms with Gasteiger partial charge in [-0.05, 0) is 56.3 Å². The van der Waals surface area contributed by atoms with Gasteiger partial charge in [0.05, 0.1) is 25.3 Å². The molecule has 21 nitrogen and oxygen atoms in total. The Labute approximate surface area is 345 Å². The highest BCUT2D eigenvalue weighted by molar-refractivity contribution is 5.98. The summed E-state index contributed by atoms with van der Waals surface area (Å²) in [5.41, 5.74) is 5.99. The fourth-order valence-electron chi connectivity index (χ4n) is 6.28. The molecule has 1 aliphatic heterocycles. The lowest BCUT2D eigenvalue weighted by molar-refractivity contribution is -0.142. The second-order valence-corrected chi connectivity index (χ2v) is 16.4. The van der Waals surface area contributed by atoms with E-state index in [1.807, 2.05) is 13.8 Å². The van der Waals surface area contributed by atoms with Gasteiger partial charge in [-0.15, -0.1) is 0 Å². The molecule has 1 aliphatic rings. The summed E-state index contributed by atoms with van der Waals surface area (Å²) in [4.78, 5) is 117. The van der Waals surface area contributed by atoms with Crippen LogP contribution in [0.15, 0.2) is 0 Å². The molecule has 1 saturated heterocycles. The Kier molecular flexibility index (Phi) is 22.0. The number of aliphatic hydroxyl groups excluding tert-OH is 2. The van der Waals surface area contributed by atoms with Crippen LogP contribution in [-0.4, -0.2) is 148 Å². The molecule has 0 aromatic carbocycles. The van der Waals surface area contributed by atoms with Gasteiger partial charge in [0, 0.05) is 6.54 Å². The summed E-state index contributed by atoms with van der Waals surface area (Å²) in [5, 5.41) is 46.4. The summed E-state index contributed by atoms with van der Waals surface area (Å²) in [6.07, 6.45) is -0.277. The predicted molar refractivity (Wildman–Crippen MR) is 213 cm³/mol. The lowest BCUT2D eigenvalue weighted by Gasteiger charge is -2.31. The third-order valence-electron chi connectivity index (χ3n) is 9.45. The summed E-state index contributed by atoms with van der Waals surface area (Å²) < 4.78 is 0. The van der Waals surface area contributed by atoms with Crippen molar-refractivity contribution in [1.29, 1.82) is 0 Å². The van der Waals surface area contributed by atoms with Crippen LogP contribution in [0.3, 0.4) is 0 Å². The molecule has 0 saturated carbocycles. The number of carbonyl (C=O) groups excluding carboxylic acids is 8. The van der Waals surface area contributed by atoms with Crippen LogP contribution in [0, 0.1) is 23.7 Å². The fraction of sp³-hybridized carbons (Fsp3) is 0.763. The molecule has 59 heavy (non-hydrogen) atoms. The summed E-state index contributed by atoms with van der Waals surface area (Å²) >= 11 is 0. The van der Waals surface area contributed by atoms with Gasteiger partial charge in [-0.2, -0.15) is 0 Å². The van der Waals surface area contributed by atoms with Crippen LogP contribution >= 0.6 is 0 Å². The number of nitrogens with one attached hydrogen (secondary N) is 7. The highest BCUT2D eigenvalue weighted by Gasteiger charge is 2.40. The van der Waals surface area contributed by atoms with Crippen molar-refractivity contribution in [3.05, 3.63) is 0 Å². The van der Waals surface area contributed by atoms with Crippen molar-refractivity contribution < 1.29 is 58.5 Å². The SMILES string of the molecule is CC(C)C[C@H](NC(=O)[C@H](CO)NC(=O)[C@@H](NC(=O)[C@@H](NC(=O)[C@@H](NC(=O)[C@@H](N)CC(C)C)C(C)C)[C@@H](C)O)C(C)C)C(=O)N1CCC[C@H]1C(=O)NCC(=O)NCC(=O)O. The van der Waals surface area contributed by atoms with Crippen molar-refractivity contribution in [2.24, 2.45) is 29.4 Å². The molecule has 0 aliphatic carbocycles. The van der Waals surface area contributed by atoms with Gasteiger partial charge in [0.25, 0.3) is 0 Å². The van der Waals surface area contributed by atoms with Gasteiger partial charge in [0.2, 0.25) is 47.3 Å².